The maximum absolute atomic E-state index is 11.5. The van der Waals surface area contributed by atoms with E-state index in [9.17, 15) is 9.59 Å². The summed E-state index contributed by atoms with van der Waals surface area (Å²) in [5.41, 5.74) is 0.910. The summed E-state index contributed by atoms with van der Waals surface area (Å²) in [5, 5.41) is 12.1. The highest BCUT2D eigenvalue weighted by atomic mass is 16.5. The van der Waals surface area contributed by atoms with Gasteiger partial charge in [0.1, 0.15) is 6.61 Å². The molecule has 2 rings (SSSR count). The number of carboxylic acid groups (broad SMARTS) is 1. The van der Waals surface area contributed by atoms with Gasteiger partial charge in [-0.05, 0) is 18.4 Å². The van der Waals surface area contributed by atoms with E-state index < -0.39 is 12.2 Å². The second-order valence-electron chi connectivity index (χ2n) is 4.72. The maximum Gasteiger partial charge on any atom is 0.421 e. The summed E-state index contributed by atoms with van der Waals surface area (Å²) >= 11 is 0. The predicted octanol–water partition coefficient (Wildman–Crippen LogP) is 1.30. The molecule has 0 atom stereocenters. The largest absolute Gasteiger partial charge is 0.464 e. The number of ether oxygens (including phenoxy) is 1. The average Bonchev–Trinajstić information content (AvgIpc) is 2.40. The minimum atomic E-state index is -1.17. The van der Waals surface area contributed by atoms with E-state index in [0.717, 1.165) is 10.6 Å². The third-order valence-electron chi connectivity index (χ3n) is 3.26. The molecule has 2 amide bonds. The van der Waals surface area contributed by atoms with Crippen molar-refractivity contribution in [3.8, 4) is 0 Å². The number of nitrogens with zero attached hydrogens (tertiary/aromatic N) is 1. The van der Waals surface area contributed by atoms with Gasteiger partial charge < -0.3 is 15.2 Å². The molecule has 0 spiro atoms. The molecular formula is C13H17N3O4. The van der Waals surface area contributed by atoms with Crippen molar-refractivity contribution in [3.63, 3.8) is 0 Å². The number of carbonyl (C=O) groups excluding carboxylic acids is 1. The Labute approximate surface area is 116 Å². The predicted molar refractivity (Wildman–Crippen MR) is 70.6 cm³/mol. The first-order valence-corrected chi connectivity index (χ1v) is 6.30. The fraction of sp³-hybridized carbons (Fsp3) is 0.385. The van der Waals surface area contributed by atoms with Crippen molar-refractivity contribution in [2.45, 2.75) is 31.5 Å². The average molecular weight is 279 g/mol. The van der Waals surface area contributed by atoms with E-state index in [0.29, 0.717) is 12.8 Å². The van der Waals surface area contributed by atoms with Crippen LogP contribution in [0.5, 0.6) is 0 Å². The van der Waals surface area contributed by atoms with Crippen LogP contribution in [0.2, 0.25) is 0 Å². The van der Waals surface area contributed by atoms with Crippen LogP contribution in [0.1, 0.15) is 18.4 Å². The van der Waals surface area contributed by atoms with Gasteiger partial charge in [-0.1, -0.05) is 30.3 Å². The molecule has 0 radical (unpaired) electrons. The molecule has 0 bridgehead atoms. The number of hydrogen-bond donors (Lipinski definition) is 3. The van der Waals surface area contributed by atoms with Crippen molar-refractivity contribution >= 4 is 12.2 Å². The molecule has 108 valence electrons. The first-order chi connectivity index (χ1) is 9.56. The molecule has 0 aromatic heterocycles. The maximum atomic E-state index is 11.5. The van der Waals surface area contributed by atoms with E-state index in [1.807, 2.05) is 30.3 Å². The topological polar surface area (TPSA) is 105 Å². The lowest BCUT2D eigenvalue weighted by Crippen LogP contribution is -2.57. The molecule has 1 fully saturated rings. The van der Waals surface area contributed by atoms with Crippen LogP contribution in [-0.4, -0.2) is 34.4 Å². The standard InChI is InChI=1S/C13H17N3O4/c14-16(13(18)19)11-6-10(7-11)15-12(17)20-8-9-4-2-1-3-5-9/h1-5,10-11H,6-8,14H2,(H,15,17)(H,18,19). The third-order valence-corrected chi connectivity index (χ3v) is 3.26. The molecule has 1 aromatic carbocycles. The summed E-state index contributed by atoms with van der Waals surface area (Å²) in [4.78, 5) is 22.1. The minimum absolute atomic E-state index is 0.0892. The molecule has 1 aliphatic carbocycles. The highest BCUT2D eigenvalue weighted by molar-refractivity contribution is 5.68. The normalized spacial score (nSPS) is 20.6. The molecule has 4 N–H and O–H groups in total. The molecule has 7 nitrogen and oxygen atoms in total. The number of hydrogen-bond acceptors (Lipinski definition) is 4. The molecular weight excluding hydrogens is 262 g/mol. The summed E-state index contributed by atoms with van der Waals surface area (Å²) in [6, 6.07) is 9.03. The van der Waals surface area contributed by atoms with Crippen molar-refractivity contribution < 1.29 is 19.4 Å². The van der Waals surface area contributed by atoms with Crippen molar-refractivity contribution in [1.29, 1.82) is 0 Å². The Kier molecular flexibility index (Phi) is 4.41. The number of carbonyl (C=O) groups is 2. The lowest BCUT2D eigenvalue weighted by atomic mass is 9.86. The first kappa shape index (κ1) is 14.1. The molecule has 20 heavy (non-hydrogen) atoms. The smallest absolute Gasteiger partial charge is 0.421 e. The van der Waals surface area contributed by atoms with E-state index in [2.05, 4.69) is 5.32 Å². The van der Waals surface area contributed by atoms with Gasteiger partial charge in [-0.15, -0.1) is 0 Å². The van der Waals surface area contributed by atoms with Gasteiger partial charge in [0.25, 0.3) is 0 Å². The van der Waals surface area contributed by atoms with Gasteiger partial charge in [-0.25, -0.2) is 20.4 Å². The van der Waals surface area contributed by atoms with Crippen molar-refractivity contribution in [3.05, 3.63) is 35.9 Å². The van der Waals surface area contributed by atoms with Crippen molar-refractivity contribution in [2.24, 2.45) is 5.84 Å². The number of alkyl carbamates (subject to hydrolysis) is 1. The fourth-order valence-corrected chi connectivity index (χ4v) is 2.02. The lowest BCUT2D eigenvalue weighted by molar-refractivity contribution is 0.0758. The Morgan fingerprint density at radius 1 is 1.35 bits per heavy atom. The van der Waals surface area contributed by atoms with E-state index >= 15 is 0 Å². The van der Waals surface area contributed by atoms with E-state index in [1.54, 1.807) is 0 Å². The first-order valence-electron chi connectivity index (χ1n) is 6.30. The van der Waals surface area contributed by atoms with Crippen LogP contribution in [0, 0.1) is 0 Å². The van der Waals surface area contributed by atoms with Gasteiger partial charge in [0.15, 0.2) is 0 Å². The summed E-state index contributed by atoms with van der Waals surface area (Å²) in [7, 11) is 0. The number of amides is 2. The monoisotopic (exact) mass is 279 g/mol. The minimum Gasteiger partial charge on any atom is -0.464 e. The molecule has 1 aromatic rings. The third kappa shape index (κ3) is 3.61. The van der Waals surface area contributed by atoms with Crippen LogP contribution < -0.4 is 11.2 Å². The Hall–Kier alpha value is -2.28. The summed E-state index contributed by atoms with van der Waals surface area (Å²) in [6.45, 7) is 0.209. The molecule has 0 saturated heterocycles. The number of nitrogens with two attached hydrogens (primary N) is 1. The van der Waals surface area contributed by atoms with Crippen LogP contribution >= 0.6 is 0 Å². The highest BCUT2D eigenvalue weighted by Crippen LogP contribution is 2.23. The van der Waals surface area contributed by atoms with Crippen LogP contribution in [0.25, 0.3) is 0 Å². The molecule has 1 aliphatic rings. The van der Waals surface area contributed by atoms with Crippen molar-refractivity contribution in [1.82, 2.24) is 10.3 Å². The van der Waals surface area contributed by atoms with Crippen molar-refractivity contribution in [2.75, 3.05) is 0 Å². The van der Waals surface area contributed by atoms with Gasteiger partial charge in [0, 0.05) is 6.04 Å². The van der Waals surface area contributed by atoms with Gasteiger partial charge in [-0.3, -0.25) is 0 Å². The lowest BCUT2D eigenvalue weighted by Gasteiger charge is -2.39. The zero-order chi connectivity index (χ0) is 14.5. The van der Waals surface area contributed by atoms with E-state index in [1.165, 1.54) is 0 Å². The zero-order valence-corrected chi connectivity index (χ0v) is 10.9. The summed E-state index contributed by atoms with van der Waals surface area (Å²) in [6.07, 6.45) is -0.664. The second-order valence-corrected chi connectivity index (χ2v) is 4.72. The molecule has 1 saturated carbocycles. The quantitative estimate of drug-likeness (QED) is 0.437. The van der Waals surface area contributed by atoms with Crippen LogP contribution in [0.15, 0.2) is 30.3 Å². The fourth-order valence-electron chi connectivity index (χ4n) is 2.02. The Morgan fingerprint density at radius 2 is 2.00 bits per heavy atom. The Balaban J connectivity index is 1.66. The second kappa shape index (κ2) is 6.25. The number of rotatable bonds is 4. The Bertz CT molecular complexity index is 474. The van der Waals surface area contributed by atoms with Crippen LogP contribution in [-0.2, 0) is 11.3 Å². The van der Waals surface area contributed by atoms with E-state index in [-0.39, 0.29) is 18.7 Å². The highest BCUT2D eigenvalue weighted by Gasteiger charge is 2.36. The van der Waals surface area contributed by atoms with Gasteiger partial charge in [0.05, 0.1) is 6.04 Å². The Morgan fingerprint density at radius 3 is 2.60 bits per heavy atom. The number of hydrazine groups is 1. The van der Waals surface area contributed by atoms with Crippen LogP contribution in [0.4, 0.5) is 9.59 Å². The van der Waals surface area contributed by atoms with Gasteiger partial charge in [-0.2, -0.15) is 0 Å². The zero-order valence-electron chi connectivity index (χ0n) is 10.9. The summed E-state index contributed by atoms with van der Waals surface area (Å²) in [5.74, 6) is 5.34. The number of benzene rings is 1. The van der Waals surface area contributed by atoms with Gasteiger partial charge in [0.2, 0.25) is 0 Å². The molecule has 0 unspecified atom stereocenters. The molecule has 7 heteroatoms. The molecule has 0 aliphatic heterocycles. The number of nitrogens with one attached hydrogen (secondary N) is 1. The van der Waals surface area contributed by atoms with Crippen LogP contribution in [0.3, 0.4) is 0 Å². The van der Waals surface area contributed by atoms with Gasteiger partial charge >= 0.3 is 12.2 Å². The van der Waals surface area contributed by atoms with E-state index in [4.69, 9.17) is 15.7 Å². The summed E-state index contributed by atoms with van der Waals surface area (Å²) < 4.78 is 5.07. The molecule has 0 heterocycles. The SMILES string of the molecule is NN(C(=O)O)C1CC(NC(=O)OCc2ccccc2)C1.